The molecule has 1 aromatic carbocycles. The fraction of sp³-hybridized carbons (Fsp3) is 0.500. The van der Waals surface area contributed by atoms with Crippen LogP contribution in [-0.2, 0) is 14.8 Å². The van der Waals surface area contributed by atoms with Gasteiger partial charge in [-0.05, 0) is 31.0 Å². The number of rotatable bonds is 4. The first-order valence-electron chi connectivity index (χ1n) is 8.08. The molecule has 1 aliphatic carbocycles. The van der Waals surface area contributed by atoms with Gasteiger partial charge in [0, 0.05) is 18.5 Å². The van der Waals surface area contributed by atoms with Crippen LogP contribution >= 0.6 is 11.6 Å². The summed E-state index contributed by atoms with van der Waals surface area (Å²) in [6, 6.07) is 4.13. The number of aliphatic hydroxyl groups is 1. The number of nitrogens with zero attached hydrogens (tertiary/aromatic N) is 1. The first-order valence-corrected chi connectivity index (χ1v) is 10.1. The van der Waals surface area contributed by atoms with Crippen LogP contribution < -0.4 is 9.62 Å². The summed E-state index contributed by atoms with van der Waals surface area (Å²) in [5, 5.41) is 13.0. The molecule has 0 radical (unpaired) electrons. The van der Waals surface area contributed by atoms with Crippen molar-refractivity contribution in [3.63, 3.8) is 0 Å². The van der Waals surface area contributed by atoms with Gasteiger partial charge in [-0.15, -0.1) is 0 Å². The summed E-state index contributed by atoms with van der Waals surface area (Å²) in [5.74, 6) is -1.30. The molecule has 3 rings (SSSR count). The topological polar surface area (TPSA) is 104 Å². The van der Waals surface area contributed by atoms with Crippen molar-refractivity contribution < 1.29 is 23.1 Å². The van der Waals surface area contributed by atoms with E-state index < -0.39 is 27.4 Å². The zero-order valence-electron chi connectivity index (χ0n) is 13.5. The van der Waals surface area contributed by atoms with E-state index in [1.807, 2.05) is 0 Å². The lowest BCUT2D eigenvalue weighted by Gasteiger charge is -2.22. The highest BCUT2D eigenvalue weighted by atomic mass is 35.5. The van der Waals surface area contributed by atoms with Crippen molar-refractivity contribution in [1.29, 1.82) is 0 Å². The molecule has 1 saturated carbocycles. The highest BCUT2D eigenvalue weighted by Gasteiger charge is 2.38. The summed E-state index contributed by atoms with van der Waals surface area (Å²) in [6.07, 6.45) is 3.01. The molecule has 1 aliphatic heterocycles. The standard InChI is InChI=1S/C16H19ClN2O5S/c17-12-4-3-11(15(21)18-10-16(22)6-1-2-7-16)9-13(12)19-14(20)5-8-25(19,23)24/h3-4,9,22H,1-2,5-8,10H2,(H,18,21). The molecule has 0 bridgehead atoms. The van der Waals surface area contributed by atoms with Gasteiger partial charge >= 0.3 is 0 Å². The number of carbonyl (C=O) groups is 2. The Morgan fingerprint density at radius 2 is 2.00 bits per heavy atom. The quantitative estimate of drug-likeness (QED) is 0.814. The summed E-state index contributed by atoms with van der Waals surface area (Å²) < 4.78 is 24.8. The Balaban J connectivity index is 1.81. The van der Waals surface area contributed by atoms with E-state index >= 15 is 0 Å². The van der Waals surface area contributed by atoms with Crippen LogP contribution in [0, 0.1) is 0 Å². The van der Waals surface area contributed by atoms with Crippen molar-refractivity contribution >= 4 is 39.1 Å². The highest BCUT2D eigenvalue weighted by molar-refractivity contribution is 7.94. The molecule has 0 atom stereocenters. The number of nitrogens with one attached hydrogen (secondary N) is 1. The van der Waals surface area contributed by atoms with E-state index in [4.69, 9.17) is 11.6 Å². The zero-order valence-corrected chi connectivity index (χ0v) is 15.1. The summed E-state index contributed by atoms with van der Waals surface area (Å²) in [4.78, 5) is 24.3. The van der Waals surface area contributed by atoms with E-state index in [1.54, 1.807) is 0 Å². The molecule has 0 unspecified atom stereocenters. The minimum Gasteiger partial charge on any atom is -0.388 e. The first kappa shape index (κ1) is 18.2. The van der Waals surface area contributed by atoms with E-state index in [2.05, 4.69) is 5.32 Å². The van der Waals surface area contributed by atoms with Gasteiger partial charge < -0.3 is 10.4 Å². The van der Waals surface area contributed by atoms with Crippen molar-refractivity contribution in [2.75, 3.05) is 16.6 Å². The van der Waals surface area contributed by atoms with E-state index in [0.29, 0.717) is 17.1 Å². The van der Waals surface area contributed by atoms with Gasteiger partial charge in [0.25, 0.3) is 5.91 Å². The largest absolute Gasteiger partial charge is 0.388 e. The third kappa shape index (κ3) is 3.65. The van der Waals surface area contributed by atoms with E-state index in [1.165, 1.54) is 18.2 Å². The van der Waals surface area contributed by atoms with E-state index in [-0.39, 0.29) is 35.0 Å². The van der Waals surface area contributed by atoms with Gasteiger partial charge in [-0.1, -0.05) is 24.4 Å². The molecule has 0 spiro atoms. The Morgan fingerprint density at radius 1 is 1.32 bits per heavy atom. The lowest BCUT2D eigenvalue weighted by Crippen LogP contribution is -2.40. The van der Waals surface area contributed by atoms with Crippen LogP contribution in [-0.4, -0.2) is 43.2 Å². The van der Waals surface area contributed by atoms with Gasteiger partial charge in [-0.25, -0.2) is 12.7 Å². The van der Waals surface area contributed by atoms with Crippen LogP contribution in [0.1, 0.15) is 42.5 Å². The normalized spacial score (nSPS) is 21.5. The van der Waals surface area contributed by atoms with Crippen LogP contribution in [0.25, 0.3) is 0 Å². The SMILES string of the molecule is O=C(NCC1(O)CCCC1)c1ccc(Cl)c(N2C(=O)CCS2(=O)=O)c1. The number of carbonyl (C=O) groups excluding carboxylic acids is 2. The highest BCUT2D eigenvalue weighted by Crippen LogP contribution is 2.33. The Morgan fingerprint density at radius 3 is 2.60 bits per heavy atom. The number of hydrogen-bond acceptors (Lipinski definition) is 5. The fourth-order valence-corrected chi connectivity index (χ4v) is 4.93. The van der Waals surface area contributed by atoms with Crippen molar-refractivity contribution in [3.8, 4) is 0 Å². The molecule has 25 heavy (non-hydrogen) atoms. The third-order valence-corrected chi connectivity index (χ3v) is 6.61. The molecule has 2 amide bonds. The van der Waals surface area contributed by atoms with Crippen molar-refractivity contribution in [2.24, 2.45) is 0 Å². The molecule has 0 aromatic heterocycles. The van der Waals surface area contributed by atoms with Gasteiger partial charge in [0.05, 0.1) is 22.1 Å². The summed E-state index contributed by atoms with van der Waals surface area (Å²) in [7, 11) is -3.76. The molecule has 9 heteroatoms. The van der Waals surface area contributed by atoms with Crippen LogP contribution in [0.5, 0.6) is 0 Å². The number of amides is 2. The van der Waals surface area contributed by atoms with Crippen LogP contribution in [0.2, 0.25) is 5.02 Å². The minimum absolute atomic E-state index is 0.0172. The van der Waals surface area contributed by atoms with Crippen LogP contribution in [0.4, 0.5) is 5.69 Å². The summed E-state index contributed by atoms with van der Waals surface area (Å²) in [5.41, 5.74) is -0.730. The number of halogens is 1. The molecule has 2 N–H and O–H groups in total. The lowest BCUT2D eigenvalue weighted by atomic mass is 10.0. The maximum atomic E-state index is 12.3. The van der Waals surface area contributed by atoms with E-state index in [0.717, 1.165) is 12.8 Å². The molecule has 7 nitrogen and oxygen atoms in total. The second kappa shape index (κ2) is 6.59. The second-order valence-electron chi connectivity index (χ2n) is 6.50. The summed E-state index contributed by atoms with van der Waals surface area (Å²) >= 11 is 6.05. The van der Waals surface area contributed by atoms with Crippen molar-refractivity contribution in [2.45, 2.75) is 37.7 Å². The predicted octanol–water partition coefficient (Wildman–Crippen LogP) is 1.44. The molecule has 2 fully saturated rings. The summed E-state index contributed by atoms with van der Waals surface area (Å²) in [6.45, 7) is 0.130. The third-order valence-electron chi connectivity index (χ3n) is 4.62. The second-order valence-corrected chi connectivity index (χ2v) is 8.85. The van der Waals surface area contributed by atoms with Gasteiger partial charge in [0.1, 0.15) is 0 Å². The molecule has 136 valence electrons. The monoisotopic (exact) mass is 386 g/mol. The average Bonchev–Trinajstić information content (AvgIpc) is 3.10. The van der Waals surface area contributed by atoms with E-state index in [9.17, 15) is 23.1 Å². The molecular weight excluding hydrogens is 368 g/mol. The number of sulfonamides is 1. The van der Waals surface area contributed by atoms with Crippen molar-refractivity contribution in [3.05, 3.63) is 28.8 Å². The maximum Gasteiger partial charge on any atom is 0.251 e. The predicted molar refractivity (Wildman–Crippen MR) is 93.1 cm³/mol. The zero-order chi connectivity index (χ0) is 18.2. The molecule has 1 aromatic rings. The fourth-order valence-electron chi connectivity index (χ4n) is 3.21. The Hall–Kier alpha value is -1.64. The number of hydrogen-bond donors (Lipinski definition) is 2. The lowest BCUT2D eigenvalue weighted by molar-refractivity contribution is -0.116. The average molecular weight is 387 g/mol. The number of anilines is 1. The molecular formula is C16H19ClN2O5S. The molecule has 1 heterocycles. The minimum atomic E-state index is -3.76. The van der Waals surface area contributed by atoms with Crippen LogP contribution in [0.3, 0.4) is 0 Å². The molecule has 2 aliphatic rings. The number of benzene rings is 1. The maximum absolute atomic E-state index is 12.3. The smallest absolute Gasteiger partial charge is 0.251 e. The van der Waals surface area contributed by atoms with Gasteiger partial charge in [0.2, 0.25) is 15.9 Å². The van der Waals surface area contributed by atoms with Gasteiger partial charge in [-0.2, -0.15) is 0 Å². The van der Waals surface area contributed by atoms with Gasteiger partial charge in [0.15, 0.2) is 0 Å². The van der Waals surface area contributed by atoms with Crippen LogP contribution in [0.15, 0.2) is 18.2 Å². The molecule has 1 saturated heterocycles. The Labute approximate surface area is 151 Å². The Bertz CT molecular complexity index is 818. The van der Waals surface area contributed by atoms with Crippen molar-refractivity contribution in [1.82, 2.24) is 5.32 Å². The first-order chi connectivity index (χ1) is 11.7. The van der Waals surface area contributed by atoms with Gasteiger partial charge in [-0.3, -0.25) is 9.59 Å². The Kier molecular flexibility index (Phi) is 4.78.